The van der Waals surface area contributed by atoms with E-state index in [4.69, 9.17) is 20.3 Å². The molecule has 0 spiro atoms. The van der Waals surface area contributed by atoms with Crippen LogP contribution in [0.15, 0.2) is 0 Å². The number of aliphatic hydroxyl groups excluding tert-OH is 3. The summed E-state index contributed by atoms with van der Waals surface area (Å²) in [6, 6.07) is -1.19. The number of phosphoric ester groups is 1. The Morgan fingerprint density at radius 2 is 1.81 bits per heavy atom. The van der Waals surface area contributed by atoms with Crippen molar-refractivity contribution in [3.05, 3.63) is 0 Å². The molecule has 10 heteroatoms. The van der Waals surface area contributed by atoms with Crippen LogP contribution in [0.25, 0.3) is 0 Å². The minimum atomic E-state index is -4.70. The Bertz CT molecular complexity index is 282. The highest BCUT2D eigenvalue weighted by atomic mass is 31.2. The average molecular weight is 259 g/mol. The lowest BCUT2D eigenvalue weighted by atomic mass is 9.98. The van der Waals surface area contributed by atoms with Gasteiger partial charge in [-0.25, -0.2) is 4.57 Å². The molecule has 1 aliphatic rings. The maximum absolute atomic E-state index is 10.4. The lowest BCUT2D eigenvalue weighted by Gasteiger charge is -2.38. The van der Waals surface area contributed by atoms with Crippen molar-refractivity contribution in [2.45, 2.75) is 30.6 Å². The molecule has 0 radical (unpaired) electrons. The molecular weight excluding hydrogens is 245 g/mol. The molecule has 1 rings (SSSR count). The topological polar surface area (TPSA) is 163 Å². The van der Waals surface area contributed by atoms with Gasteiger partial charge >= 0.3 is 7.82 Å². The Morgan fingerprint density at radius 1 is 1.25 bits per heavy atom. The van der Waals surface area contributed by atoms with Gasteiger partial charge in [0, 0.05) is 0 Å². The maximum Gasteiger partial charge on any atom is 0.469 e. The third kappa shape index (κ3) is 3.45. The first-order valence-electron chi connectivity index (χ1n) is 4.37. The highest BCUT2D eigenvalue weighted by Gasteiger charge is 2.42. The van der Waals surface area contributed by atoms with Crippen molar-refractivity contribution in [3.8, 4) is 0 Å². The van der Waals surface area contributed by atoms with Crippen LogP contribution < -0.4 is 5.73 Å². The van der Waals surface area contributed by atoms with Gasteiger partial charge in [0.1, 0.15) is 18.3 Å². The highest BCUT2D eigenvalue weighted by Crippen LogP contribution is 2.36. The molecule has 96 valence electrons. The van der Waals surface area contributed by atoms with Gasteiger partial charge in [-0.15, -0.1) is 0 Å². The van der Waals surface area contributed by atoms with E-state index in [1.54, 1.807) is 0 Å². The van der Waals surface area contributed by atoms with Gasteiger partial charge in [-0.2, -0.15) is 0 Å². The molecule has 1 saturated heterocycles. The summed E-state index contributed by atoms with van der Waals surface area (Å²) in [5, 5.41) is 28.0. The molecule has 0 aliphatic carbocycles. The van der Waals surface area contributed by atoms with Gasteiger partial charge in [-0.1, -0.05) is 0 Å². The van der Waals surface area contributed by atoms with E-state index in [0.717, 1.165) is 0 Å². The second-order valence-corrected chi connectivity index (χ2v) is 4.65. The van der Waals surface area contributed by atoms with Crippen molar-refractivity contribution >= 4 is 7.82 Å². The summed E-state index contributed by atoms with van der Waals surface area (Å²) >= 11 is 0. The van der Waals surface area contributed by atoms with Crippen LogP contribution >= 0.6 is 7.82 Å². The van der Waals surface area contributed by atoms with Crippen molar-refractivity contribution < 1.29 is 38.9 Å². The average Bonchev–Trinajstić information content (AvgIpc) is 2.17. The largest absolute Gasteiger partial charge is 0.469 e. The lowest BCUT2D eigenvalue weighted by Crippen LogP contribution is -2.61. The minimum absolute atomic E-state index is 0.674. The molecule has 1 heterocycles. The Morgan fingerprint density at radius 3 is 2.31 bits per heavy atom. The van der Waals surface area contributed by atoms with Crippen molar-refractivity contribution in [3.63, 3.8) is 0 Å². The minimum Gasteiger partial charge on any atom is -0.388 e. The van der Waals surface area contributed by atoms with Crippen molar-refractivity contribution in [2.75, 3.05) is 6.61 Å². The second kappa shape index (κ2) is 5.05. The van der Waals surface area contributed by atoms with E-state index >= 15 is 0 Å². The van der Waals surface area contributed by atoms with E-state index in [2.05, 4.69) is 4.52 Å². The number of nitrogens with two attached hydrogens (primary N) is 1. The van der Waals surface area contributed by atoms with Crippen LogP contribution in [-0.2, 0) is 13.8 Å². The molecule has 1 aliphatic heterocycles. The third-order valence-electron chi connectivity index (χ3n) is 2.18. The lowest BCUT2D eigenvalue weighted by molar-refractivity contribution is -0.247. The van der Waals surface area contributed by atoms with Crippen LogP contribution in [-0.4, -0.2) is 62.4 Å². The van der Waals surface area contributed by atoms with Crippen LogP contribution in [0, 0.1) is 0 Å². The molecule has 0 bridgehead atoms. The van der Waals surface area contributed by atoms with E-state index in [-0.39, 0.29) is 0 Å². The molecule has 2 unspecified atom stereocenters. The first-order chi connectivity index (χ1) is 7.22. The van der Waals surface area contributed by atoms with Gasteiger partial charge in [0.05, 0.1) is 12.6 Å². The normalized spacial score (nSPS) is 41.0. The monoisotopic (exact) mass is 259 g/mol. The summed E-state index contributed by atoms with van der Waals surface area (Å²) in [6.07, 6.45) is -5.76. The summed E-state index contributed by atoms with van der Waals surface area (Å²) in [6.45, 7) is -0.674. The van der Waals surface area contributed by atoms with Crippen LogP contribution in [0.2, 0.25) is 0 Å². The van der Waals surface area contributed by atoms with Gasteiger partial charge in [0.2, 0.25) is 0 Å². The van der Waals surface area contributed by atoms with Crippen LogP contribution in [0.1, 0.15) is 0 Å². The molecule has 0 aromatic heterocycles. The zero-order chi connectivity index (χ0) is 12.5. The summed E-state index contributed by atoms with van der Waals surface area (Å²) in [7, 11) is -4.70. The fourth-order valence-electron chi connectivity index (χ4n) is 1.28. The fraction of sp³-hybridized carbons (Fsp3) is 1.00. The number of ether oxygens (including phenoxy) is 1. The van der Waals surface area contributed by atoms with E-state index in [9.17, 15) is 19.9 Å². The maximum atomic E-state index is 10.4. The third-order valence-corrected chi connectivity index (χ3v) is 2.66. The fourth-order valence-corrected chi connectivity index (χ4v) is 1.62. The second-order valence-electron chi connectivity index (χ2n) is 3.41. The molecule has 7 N–H and O–H groups in total. The Kier molecular flexibility index (Phi) is 4.41. The first kappa shape index (κ1) is 14.0. The van der Waals surface area contributed by atoms with Crippen molar-refractivity contribution in [1.29, 1.82) is 0 Å². The Hall–Kier alpha value is -0.0900. The van der Waals surface area contributed by atoms with Crippen molar-refractivity contribution in [2.24, 2.45) is 5.73 Å². The van der Waals surface area contributed by atoms with Gasteiger partial charge < -0.3 is 35.6 Å². The molecule has 0 saturated carbocycles. The van der Waals surface area contributed by atoms with Crippen LogP contribution in [0.4, 0.5) is 0 Å². The molecule has 0 aromatic carbocycles. The number of aliphatic hydroxyl groups is 3. The summed E-state index contributed by atoms with van der Waals surface area (Å²) in [5.74, 6) is 0. The van der Waals surface area contributed by atoms with Crippen molar-refractivity contribution in [1.82, 2.24) is 0 Å². The first-order valence-corrected chi connectivity index (χ1v) is 5.91. The van der Waals surface area contributed by atoms with Gasteiger partial charge in [-0.3, -0.25) is 4.52 Å². The molecule has 0 amide bonds. The molecule has 1 fully saturated rings. The Labute approximate surface area is 90.6 Å². The number of phosphoric acid groups is 1. The van der Waals surface area contributed by atoms with E-state index < -0.39 is 45.1 Å². The zero-order valence-electron chi connectivity index (χ0n) is 8.08. The smallest absolute Gasteiger partial charge is 0.388 e. The summed E-state index contributed by atoms with van der Waals surface area (Å²) in [5.41, 5.74) is 5.28. The number of hydrogen-bond acceptors (Lipinski definition) is 7. The van der Waals surface area contributed by atoms with Gasteiger partial charge in [0.25, 0.3) is 0 Å². The summed E-state index contributed by atoms with van der Waals surface area (Å²) in [4.78, 5) is 16.8. The predicted molar refractivity (Wildman–Crippen MR) is 48.9 cm³/mol. The van der Waals surface area contributed by atoms with Crippen LogP contribution in [0.5, 0.6) is 0 Å². The van der Waals surface area contributed by atoms with Gasteiger partial charge in [-0.05, 0) is 0 Å². The zero-order valence-corrected chi connectivity index (χ0v) is 8.97. The SMILES string of the molecule is N[C@H]1C(O)[C@H](O)C(COP(=O)(O)O)O[C@H]1O. The highest BCUT2D eigenvalue weighted by molar-refractivity contribution is 7.46. The molecule has 16 heavy (non-hydrogen) atoms. The van der Waals surface area contributed by atoms with E-state index in [1.807, 2.05) is 0 Å². The van der Waals surface area contributed by atoms with E-state index in [1.165, 1.54) is 0 Å². The standard InChI is InChI=1S/C6H14NO8P/c7-3-5(9)4(8)2(15-6(3)10)1-14-16(11,12)13/h2-6,8-10H,1,7H2,(H2,11,12,13)/t2?,3-,4+,5?,6+/m0/s1. The molecular formula is C6H14NO8P. The van der Waals surface area contributed by atoms with Crippen LogP contribution in [0.3, 0.4) is 0 Å². The molecule has 5 atom stereocenters. The number of hydrogen-bond donors (Lipinski definition) is 6. The number of rotatable bonds is 3. The molecule has 0 aromatic rings. The predicted octanol–water partition coefficient (Wildman–Crippen LogP) is -3.14. The van der Waals surface area contributed by atoms with E-state index in [0.29, 0.717) is 0 Å². The Balaban J connectivity index is 2.57. The molecule has 9 nitrogen and oxygen atoms in total. The summed E-state index contributed by atoms with van der Waals surface area (Å²) < 4.78 is 19.2. The van der Waals surface area contributed by atoms with Gasteiger partial charge in [0.15, 0.2) is 6.29 Å². The quantitative estimate of drug-likeness (QED) is 0.287.